The van der Waals surface area contributed by atoms with E-state index in [4.69, 9.17) is 21.1 Å². The molecule has 0 spiro atoms. The summed E-state index contributed by atoms with van der Waals surface area (Å²) in [6, 6.07) is 5.32. The first kappa shape index (κ1) is 21.5. The summed E-state index contributed by atoms with van der Waals surface area (Å²) < 4.78 is 11.2. The van der Waals surface area contributed by atoms with Crippen molar-refractivity contribution < 1.29 is 14.3 Å². The second-order valence-electron chi connectivity index (χ2n) is 10.3. The number of carbonyl (C=O) groups is 1. The fraction of sp³-hybridized carbons (Fsp3) is 0.720. The molecule has 5 aliphatic rings. The Morgan fingerprint density at radius 2 is 1.77 bits per heavy atom. The average molecular weight is 447 g/mol. The van der Waals surface area contributed by atoms with Crippen LogP contribution in [-0.4, -0.2) is 55.8 Å². The third kappa shape index (κ3) is 4.46. The fourth-order valence-electron chi connectivity index (χ4n) is 7.19. The Hall–Kier alpha value is -1.30. The normalized spacial score (nSPS) is 32.9. The SMILES string of the molecule is COCCNC(=O)c1ccc(OC2CCN(C34CC5CC(CC(C5)C3)C4)CC2)c(Cl)c1. The van der Waals surface area contributed by atoms with Crippen molar-refractivity contribution in [2.45, 2.75) is 63.0 Å². The molecule has 31 heavy (non-hydrogen) atoms. The standard InChI is InChI=1S/C25H35ClN2O3/c1-30-9-6-27-24(29)20-2-3-23(22(26)13-20)31-21-4-7-28(8-5-21)25-14-17-10-18(15-25)12-19(11-17)16-25/h2-3,13,17-19,21H,4-12,14-16H2,1H3,(H,27,29). The van der Waals surface area contributed by atoms with E-state index in [0.29, 0.717) is 35.0 Å². The Bertz CT molecular complexity index is 771. The molecule has 0 atom stereocenters. The number of nitrogens with zero attached hydrogens (tertiary/aromatic N) is 1. The maximum absolute atomic E-state index is 12.2. The summed E-state index contributed by atoms with van der Waals surface area (Å²) in [6.07, 6.45) is 11.1. The molecule has 0 aromatic heterocycles. The van der Waals surface area contributed by atoms with Crippen molar-refractivity contribution in [2.24, 2.45) is 17.8 Å². The van der Waals surface area contributed by atoms with Crippen LogP contribution >= 0.6 is 11.6 Å². The largest absolute Gasteiger partial charge is 0.489 e. The molecule has 1 aliphatic heterocycles. The van der Waals surface area contributed by atoms with E-state index in [9.17, 15) is 4.79 Å². The molecule has 4 bridgehead atoms. The number of hydrogen-bond donors (Lipinski definition) is 1. The van der Waals surface area contributed by atoms with Crippen molar-refractivity contribution in [3.05, 3.63) is 28.8 Å². The van der Waals surface area contributed by atoms with E-state index in [1.54, 1.807) is 19.2 Å². The van der Waals surface area contributed by atoms with Gasteiger partial charge in [-0.3, -0.25) is 9.69 Å². The zero-order chi connectivity index (χ0) is 21.4. The van der Waals surface area contributed by atoms with E-state index >= 15 is 0 Å². The molecule has 0 radical (unpaired) electrons. The minimum absolute atomic E-state index is 0.144. The summed E-state index contributed by atoms with van der Waals surface area (Å²) in [5, 5.41) is 3.32. The number of nitrogens with one attached hydrogen (secondary N) is 1. The van der Waals surface area contributed by atoms with Crippen molar-refractivity contribution in [1.29, 1.82) is 0 Å². The monoisotopic (exact) mass is 446 g/mol. The van der Waals surface area contributed by atoms with Gasteiger partial charge in [0.15, 0.2) is 0 Å². The Balaban J connectivity index is 1.15. The van der Waals surface area contributed by atoms with Gasteiger partial charge in [-0.2, -0.15) is 0 Å². The van der Waals surface area contributed by atoms with E-state index in [1.165, 1.54) is 38.5 Å². The van der Waals surface area contributed by atoms with Crippen molar-refractivity contribution in [2.75, 3.05) is 33.4 Å². The molecule has 1 aromatic rings. The van der Waals surface area contributed by atoms with E-state index in [2.05, 4.69) is 10.2 Å². The molecular weight excluding hydrogens is 412 g/mol. The number of ether oxygens (including phenoxy) is 2. The van der Waals surface area contributed by atoms with Crippen LogP contribution in [0, 0.1) is 17.8 Å². The van der Waals surface area contributed by atoms with Gasteiger partial charge in [-0.1, -0.05) is 11.6 Å². The summed E-state index contributed by atoms with van der Waals surface area (Å²) in [7, 11) is 1.61. The highest BCUT2D eigenvalue weighted by molar-refractivity contribution is 6.32. The first-order chi connectivity index (χ1) is 15.0. The van der Waals surface area contributed by atoms with Gasteiger partial charge in [0.05, 0.1) is 11.6 Å². The van der Waals surface area contributed by atoms with Crippen LogP contribution < -0.4 is 10.1 Å². The minimum Gasteiger partial charge on any atom is -0.489 e. The lowest BCUT2D eigenvalue weighted by atomic mass is 9.52. The molecule has 1 aromatic carbocycles. The summed E-state index contributed by atoms with van der Waals surface area (Å²) in [6.45, 7) is 3.24. The van der Waals surface area contributed by atoms with Gasteiger partial charge in [0.1, 0.15) is 11.9 Å². The number of benzene rings is 1. The topological polar surface area (TPSA) is 50.8 Å². The van der Waals surface area contributed by atoms with Gasteiger partial charge in [0.25, 0.3) is 5.91 Å². The molecule has 1 amide bonds. The Morgan fingerprint density at radius 1 is 1.13 bits per heavy atom. The lowest BCUT2D eigenvalue weighted by molar-refractivity contribution is -0.102. The van der Waals surface area contributed by atoms with Gasteiger partial charge in [-0.25, -0.2) is 0 Å². The first-order valence-electron chi connectivity index (χ1n) is 12.0. The highest BCUT2D eigenvalue weighted by Gasteiger charge is 2.53. The predicted octanol–water partition coefficient (Wildman–Crippen LogP) is 4.53. The summed E-state index contributed by atoms with van der Waals surface area (Å²) >= 11 is 6.45. The van der Waals surface area contributed by atoms with Gasteiger partial charge in [-0.15, -0.1) is 0 Å². The second-order valence-corrected chi connectivity index (χ2v) is 10.7. The third-order valence-electron chi connectivity index (χ3n) is 8.20. The fourth-order valence-corrected chi connectivity index (χ4v) is 7.41. The number of halogens is 1. The molecule has 1 N–H and O–H groups in total. The van der Waals surface area contributed by atoms with Crippen molar-refractivity contribution in [1.82, 2.24) is 10.2 Å². The lowest BCUT2D eigenvalue weighted by Gasteiger charge is -2.61. The summed E-state index contributed by atoms with van der Waals surface area (Å²) in [5.41, 5.74) is 1.04. The number of rotatable bonds is 7. The van der Waals surface area contributed by atoms with Crippen LogP contribution in [0.2, 0.25) is 5.02 Å². The lowest BCUT2D eigenvalue weighted by Crippen LogP contribution is -2.61. The molecule has 0 unspecified atom stereocenters. The number of methoxy groups -OCH3 is 1. The van der Waals surface area contributed by atoms with Gasteiger partial charge in [0.2, 0.25) is 0 Å². The molecule has 1 heterocycles. The van der Waals surface area contributed by atoms with E-state index in [-0.39, 0.29) is 12.0 Å². The van der Waals surface area contributed by atoms with Crippen LogP contribution in [0.4, 0.5) is 0 Å². The number of piperidine rings is 1. The van der Waals surface area contributed by atoms with E-state index in [1.807, 2.05) is 6.07 Å². The highest BCUT2D eigenvalue weighted by Crippen LogP contribution is 2.58. The molecule has 6 rings (SSSR count). The van der Waals surface area contributed by atoms with Crippen LogP contribution in [0.3, 0.4) is 0 Å². The molecule has 170 valence electrons. The van der Waals surface area contributed by atoms with Crippen LogP contribution in [0.25, 0.3) is 0 Å². The summed E-state index contributed by atoms with van der Waals surface area (Å²) in [5.74, 6) is 3.51. The maximum Gasteiger partial charge on any atom is 0.251 e. The highest BCUT2D eigenvalue weighted by atomic mass is 35.5. The van der Waals surface area contributed by atoms with Crippen LogP contribution in [-0.2, 0) is 4.74 Å². The molecule has 4 saturated carbocycles. The minimum atomic E-state index is -0.144. The Labute approximate surface area is 190 Å². The first-order valence-corrected chi connectivity index (χ1v) is 12.4. The molecule has 4 aliphatic carbocycles. The van der Waals surface area contributed by atoms with Crippen molar-refractivity contribution in [3.8, 4) is 5.75 Å². The second kappa shape index (κ2) is 8.92. The summed E-state index contributed by atoms with van der Waals surface area (Å²) in [4.78, 5) is 15.0. The molecule has 1 saturated heterocycles. The van der Waals surface area contributed by atoms with E-state index in [0.717, 1.165) is 43.7 Å². The zero-order valence-corrected chi connectivity index (χ0v) is 19.3. The predicted molar refractivity (Wildman–Crippen MR) is 122 cm³/mol. The maximum atomic E-state index is 12.2. The molecule has 6 heteroatoms. The van der Waals surface area contributed by atoms with Gasteiger partial charge in [0, 0.05) is 37.8 Å². The zero-order valence-electron chi connectivity index (χ0n) is 18.6. The van der Waals surface area contributed by atoms with Gasteiger partial charge >= 0.3 is 0 Å². The molecule has 5 nitrogen and oxygen atoms in total. The number of carbonyl (C=O) groups excluding carboxylic acids is 1. The van der Waals surface area contributed by atoms with Crippen molar-refractivity contribution in [3.63, 3.8) is 0 Å². The Kier molecular flexibility index (Phi) is 6.19. The van der Waals surface area contributed by atoms with Gasteiger partial charge < -0.3 is 14.8 Å². The van der Waals surface area contributed by atoms with Crippen LogP contribution in [0.15, 0.2) is 18.2 Å². The Morgan fingerprint density at radius 3 is 2.35 bits per heavy atom. The third-order valence-corrected chi connectivity index (χ3v) is 8.49. The smallest absolute Gasteiger partial charge is 0.251 e. The van der Waals surface area contributed by atoms with Crippen LogP contribution in [0.1, 0.15) is 61.7 Å². The number of amides is 1. The van der Waals surface area contributed by atoms with Crippen molar-refractivity contribution >= 4 is 17.5 Å². The quantitative estimate of drug-likeness (QED) is 0.625. The molecular formula is C25H35ClN2O3. The average Bonchev–Trinajstić information content (AvgIpc) is 2.75. The number of likely N-dealkylation sites (tertiary alicyclic amines) is 1. The molecule has 5 fully saturated rings. The van der Waals surface area contributed by atoms with Crippen LogP contribution in [0.5, 0.6) is 5.75 Å². The number of hydrogen-bond acceptors (Lipinski definition) is 4. The van der Waals surface area contributed by atoms with Gasteiger partial charge in [-0.05, 0) is 87.3 Å². The van der Waals surface area contributed by atoms with E-state index < -0.39 is 0 Å².